The summed E-state index contributed by atoms with van der Waals surface area (Å²) in [6.07, 6.45) is -0.000747. The van der Waals surface area contributed by atoms with Gasteiger partial charge in [-0.2, -0.15) is 5.26 Å². The molecule has 0 aliphatic heterocycles. The van der Waals surface area contributed by atoms with Crippen LogP contribution >= 0.6 is 15.9 Å². The lowest BCUT2D eigenvalue weighted by molar-refractivity contribution is 0.00696. The number of imidazole rings is 1. The minimum Gasteiger partial charge on any atom is -0.473 e. The summed E-state index contributed by atoms with van der Waals surface area (Å²) in [6, 6.07) is 19.4. The maximum atomic E-state index is 15.6. The molecule has 0 aliphatic rings. The zero-order valence-corrected chi connectivity index (χ0v) is 27.3. The van der Waals surface area contributed by atoms with E-state index in [-0.39, 0.29) is 35.7 Å². The van der Waals surface area contributed by atoms with Crippen molar-refractivity contribution in [1.82, 2.24) is 14.5 Å². The van der Waals surface area contributed by atoms with E-state index in [0.717, 1.165) is 17.7 Å². The molecular formula is C35H31BrF2N4O4. The lowest BCUT2D eigenvalue weighted by Crippen LogP contribution is -2.23. The third-order valence-electron chi connectivity index (χ3n) is 7.02. The zero-order valence-electron chi connectivity index (χ0n) is 25.7. The number of hydrogen-bond donors (Lipinski definition) is 0. The van der Waals surface area contributed by atoms with Gasteiger partial charge in [-0.15, -0.1) is 0 Å². The minimum atomic E-state index is -0.658. The minimum absolute atomic E-state index is 0.000747. The average Bonchev–Trinajstić information content (AvgIpc) is 3.36. The Balaban J connectivity index is 1.40. The van der Waals surface area contributed by atoms with Gasteiger partial charge in [0.05, 0.1) is 40.5 Å². The molecule has 5 aromatic rings. The second kappa shape index (κ2) is 13.8. The van der Waals surface area contributed by atoms with Crippen molar-refractivity contribution in [3.8, 4) is 23.2 Å². The molecule has 2 heterocycles. The quantitative estimate of drug-likeness (QED) is 0.138. The van der Waals surface area contributed by atoms with Crippen LogP contribution in [0.1, 0.15) is 53.6 Å². The van der Waals surface area contributed by atoms with Crippen LogP contribution in [0.3, 0.4) is 0 Å². The first kappa shape index (κ1) is 32.7. The number of carbonyl (C=O) groups excluding carboxylic acids is 1. The summed E-state index contributed by atoms with van der Waals surface area (Å²) >= 11 is 3.43. The summed E-state index contributed by atoms with van der Waals surface area (Å²) in [5, 5.41) is 9.07. The van der Waals surface area contributed by atoms with Crippen LogP contribution in [0.2, 0.25) is 0 Å². The molecule has 0 aliphatic carbocycles. The van der Waals surface area contributed by atoms with Gasteiger partial charge in [-0.25, -0.2) is 23.5 Å². The van der Waals surface area contributed by atoms with E-state index in [4.69, 9.17) is 19.5 Å². The predicted molar refractivity (Wildman–Crippen MR) is 172 cm³/mol. The van der Waals surface area contributed by atoms with Gasteiger partial charge in [-0.1, -0.05) is 28.1 Å². The molecule has 0 saturated heterocycles. The topological polar surface area (TPSA) is 99.3 Å². The van der Waals surface area contributed by atoms with Crippen molar-refractivity contribution >= 4 is 32.9 Å². The molecular weight excluding hydrogens is 658 g/mol. The highest BCUT2D eigenvalue weighted by molar-refractivity contribution is 9.10. The van der Waals surface area contributed by atoms with Gasteiger partial charge in [-0.3, -0.25) is 0 Å². The fourth-order valence-corrected chi connectivity index (χ4v) is 5.32. The summed E-state index contributed by atoms with van der Waals surface area (Å²) in [5.41, 5.74) is 2.57. The zero-order chi connectivity index (χ0) is 33.0. The van der Waals surface area contributed by atoms with E-state index in [1.807, 2.05) is 4.57 Å². The summed E-state index contributed by atoms with van der Waals surface area (Å²) in [4.78, 5) is 21.8. The lowest BCUT2D eigenvalue weighted by atomic mass is 10.0. The summed E-state index contributed by atoms with van der Waals surface area (Å²) in [7, 11) is 1.57. The van der Waals surface area contributed by atoms with Gasteiger partial charge in [0.25, 0.3) is 0 Å². The number of aromatic nitrogens is 3. The van der Waals surface area contributed by atoms with Gasteiger partial charge >= 0.3 is 5.97 Å². The van der Waals surface area contributed by atoms with Gasteiger partial charge < -0.3 is 18.8 Å². The lowest BCUT2D eigenvalue weighted by Gasteiger charge is -2.19. The largest absolute Gasteiger partial charge is 0.473 e. The first-order valence-corrected chi connectivity index (χ1v) is 15.2. The van der Waals surface area contributed by atoms with Crippen molar-refractivity contribution in [3.63, 3.8) is 0 Å². The molecule has 2 aromatic heterocycles. The highest BCUT2D eigenvalue weighted by Gasteiger charge is 2.21. The van der Waals surface area contributed by atoms with E-state index in [9.17, 15) is 4.79 Å². The van der Waals surface area contributed by atoms with Crippen LogP contribution in [0.4, 0.5) is 8.78 Å². The maximum absolute atomic E-state index is 15.6. The second-order valence-electron chi connectivity index (χ2n) is 11.5. The van der Waals surface area contributed by atoms with Crippen LogP contribution in [0.25, 0.3) is 22.3 Å². The molecule has 0 bridgehead atoms. The Morgan fingerprint density at radius 3 is 2.52 bits per heavy atom. The predicted octanol–water partition coefficient (Wildman–Crippen LogP) is 7.78. The molecule has 0 unspecified atom stereocenters. The Labute approximate surface area is 273 Å². The van der Waals surface area contributed by atoms with Crippen LogP contribution < -0.4 is 4.74 Å². The Hall–Kier alpha value is -4.66. The van der Waals surface area contributed by atoms with Crippen molar-refractivity contribution in [2.24, 2.45) is 0 Å². The molecule has 3 aromatic carbocycles. The van der Waals surface area contributed by atoms with E-state index in [1.54, 1.807) is 82.5 Å². The molecule has 236 valence electrons. The van der Waals surface area contributed by atoms with Crippen LogP contribution in [0.5, 0.6) is 5.88 Å². The Morgan fingerprint density at radius 1 is 1.00 bits per heavy atom. The number of hydrogen-bond acceptors (Lipinski definition) is 7. The summed E-state index contributed by atoms with van der Waals surface area (Å²) < 4.78 is 50.3. The van der Waals surface area contributed by atoms with Crippen molar-refractivity contribution in [3.05, 3.63) is 111 Å². The molecule has 0 saturated carbocycles. The van der Waals surface area contributed by atoms with E-state index >= 15 is 8.78 Å². The SMILES string of the molecule is COCCn1c(Cc2cc(F)c(-c3cccc(OCc4ccc(C#N)cc4Br)n3)cc2F)nc2ccc(C(=O)OC(C)(C)C)cc21. The van der Waals surface area contributed by atoms with Crippen molar-refractivity contribution in [2.75, 3.05) is 13.7 Å². The normalized spacial score (nSPS) is 11.4. The number of esters is 1. The third-order valence-corrected chi connectivity index (χ3v) is 7.76. The molecule has 0 fully saturated rings. The average molecular weight is 690 g/mol. The molecule has 46 heavy (non-hydrogen) atoms. The van der Waals surface area contributed by atoms with Gasteiger partial charge in [0.1, 0.15) is 29.7 Å². The van der Waals surface area contributed by atoms with Gasteiger partial charge in [-0.05, 0) is 74.9 Å². The first-order chi connectivity index (χ1) is 22.0. The Morgan fingerprint density at radius 2 is 1.80 bits per heavy atom. The van der Waals surface area contributed by atoms with Crippen molar-refractivity contribution in [1.29, 1.82) is 5.26 Å². The maximum Gasteiger partial charge on any atom is 0.338 e. The molecule has 0 atom stereocenters. The fourth-order valence-electron chi connectivity index (χ4n) is 4.82. The van der Waals surface area contributed by atoms with Crippen LogP contribution in [-0.2, 0) is 29.0 Å². The number of rotatable bonds is 10. The van der Waals surface area contributed by atoms with E-state index in [1.165, 1.54) is 0 Å². The number of benzene rings is 3. The molecule has 0 spiro atoms. The number of fused-ring (bicyclic) bond motifs is 1. The van der Waals surface area contributed by atoms with Crippen LogP contribution in [-0.4, -0.2) is 39.8 Å². The van der Waals surface area contributed by atoms with E-state index < -0.39 is 23.2 Å². The van der Waals surface area contributed by atoms with Crippen molar-refractivity contribution in [2.45, 2.75) is 45.9 Å². The smallest absolute Gasteiger partial charge is 0.338 e. The Kier molecular flexibility index (Phi) is 9.79. The first-order valence-electron chi connectivity index (χ1n) is 14.4. The molecule has 0 radical (unpaired) electrons. The third kappa shape index (κ3) is 7.58. The number of carbonyl (C=O) groups is 1. The van der Waals surface area contributed by atoms with Gasteiger partial charge in [0, 0.05) is 41.7 Å². The number of halogens is 3. The fraction of sp³-hybridized carbons (Fsp3) is 0.257. The van der Waals surface area contributed by atoms with Crippen LogP contribution in [0, 0.1) is 23.0 Å². The summed E-state index contributed by atoms with van der Waals surface area (Å²) in [6.45, 7) is 6.27. The summed E-state index contributed by atoms with van der Waals surface area (Å²) in [5.74, 6) is -1.02. The molecule has 11 heteroatoms. The number of nitrogens with zero attached hydrogens (tertiary/aromatic N) is 4. The molecule has 0 N–H and O–H groups in total. The van der Waals surface area contributed by atoms with Gasteiger partial charge in [0.2, 0.25) is 5.88 Å². The number of pyridine rings is 1. The monoisotopic (exact) mass is 688 g/mol. The highest BCUT2D eigenvalue weighted by atomic mass is 79.9. The standard InChI is InChI=1S/C35H31BrF2N4O4/c1-35(2,3)46-34(43)22-10-11-30-31(16-22)42(12-13-44-4)32(40-30)17-24-15-28(38)25(18-27(24)37)29-6-5-7-33(41-29)45-20-23-9-8-21(19-39)14-26(23)36/h5-11,14-16,18H,12-13,17,20H2,1-4H3. The second-order valence-corrected chi connectivity index (χ2v) is 12.4. The van der Waals surface area contributed by atoms with Gasteiger partial charge in [0.15, 0.2) is 0 Å². The number of methoxy groups -OCH3 is 1. The molecule has 5 rings (SSSR count). The van der Waals surface area contributed by atoms with E-state index in [2.05, 4.69) is 32.0 Å². The number of ether oxygens (including phenoxy) is 3. The Bertz CT molecular complexity index is 1960. The van der Waals surface area contributed by atoms with E-state index in [0.29, 0.717) is 45.6 Å². The highest BCUT2D eigenvalue weighted by Crippen LogP contribution is 2.29. The number of nitriles is 1. The van der Waals surface area contributed by atoms with Crippen molar-refractivity contribution < 1.29 is 27.8 Å². The van der Waals surface area contributed by atoms with Crippen LogP contribution in [0.15, 0.2) is 71.2 Å². The molecule has 0 amide bonds. The molecule has 8 nitrogen and oxygen atoms in total.